The third-order valence-corrected chi connectivity index (χ3v) is 9.96. The van der Waals surface area contributed by atoms with Crippen LogP contribution in [-0.2, 0) is 14.8 Å². The highest BCUT2D eigenvalue weighted by atomic mass is 35.5. The van der Waals surface area contributed by atoms with Gasteiger partial charge in [-0.2, -0.15) is 4.31 Å². The van der Waals surface area contributed by atoms with Crippen LogP contribution in [0.15, 0.2) is 41.3 Å². The van der Waals surface area contributed by atoms with Gasteiger partial charge in [0.25, 0.3) is 5.91 Å². The third-order valence-electron chi connectivity index (χ3n) is 7.29. The summed E-state index contributed by atoms with van der Waals surface area (Å²) in [5.74, 6) is -0.760. The Balaban J connectivity index is 1.58. The van der Waals surface area contributed by atoms with Crippen molar-refractivity contribution < 1.29 is 27.1 Å². The Hall–Kier alpha value is -2.40. The number of carbonyl (C=O) groups is 2. The van der Waals surface area contributed by atoms with Crippen molar-refractivity contribution in [3.8, 4) is 0 Å². The number of nitrogens with zero attached hydrogens (tertiary/aromatic N) is 2. The van der Waals surface area contributed by atoms with Gasteiger partial charge in [-0.1, -0.05) is 54.6 Å². The molecule has 1 atom stereocenters. The Labute approximate surface area is 238 Å². The van der Waals surface area contributed by atoms with Gasteiger partial charge in [-0.05, 0) is 55.5 Å². The molecule has 1 N–H and O–H groups in total. The number of hydrogen-bond acceptors (Lipinski definition) is 5. The Morgan fingerprint density at radius 1 is 1.03 bits per heavy atom. The smallest absolute Gasteiger partial charge is 0.409 e. The number of rotatable bonds is 7. The molecule has 1 aliphatic heterocycles. The van der Waals surface area contributed by atoms with Crippen molar-refractivity contribution in [1.29, 1.82) is 0 Å². The van der Waals surface area contributed by atoms with Crippen LogP contribution in [0.2, 0.25) is 10.0 Å². The van der Waals surface area contributed by atoms with E-state index in [1.807, 2.05) is 0 Å². The molecule has 4 rings (SSSR count). The lowest BCUT2D eigenvalue weighted by Gasteiger charge is -2.33. The van der Waals surface area contributed by atoms with Crippen LogP contribution < -0.4 is 5.32 Å². The maximum Gasteiger partial charge on any atom is 0.409 e. The van der Waals surface area contributed by atoms with Crippen molar-refractivity contribution in [3.05, 3.63) is 63.4 Å². The van der Waals surface area contributed by atoms with Crippen LogP contribution in [0, 0.1) is 11.7 Å². The molecule has 1 saturated carbocycles. The second-order valence-electron chi connectivity index (χ2n) is 9.75. The van der Waals surface area contributed by atoms with E-state index in [0.29, 0.717) is 0 Å². The fourth-order valence-electron chi connectivity index (χ4n) is 5.20. The summed E-state index contributed by atoms with van der Waals surface area (Å²) in [6.45, 7) is 2.36. The van der Waals surface area contributed by atoms with Crippen molar-refractivity contribution in [2.45, 2.75) is 50.0 Å². The topological polar surface area (TPSA) is 96.0 Å². The number of sulfonamides is 1. The zero-order valence-electron chi connectivity index (χ0n) is 21.7. The molecule has 1 saturated heterocycles. The van der Waals surface area contributed by atoms with Crippen LogP contribution in [0.4, 0.5) is 9.18 Å². The van der Waals surface area contributed by atoms with Crippen molar-refractivity contribution in [2.24, 2.45) is 5.92 Å². The quantitative estimate of drug-likeness (QED) is 0.444. The summed E-state index contributed by atoms with van der Waals surface area (Å²) in [6.07, 6.45) is 4.52. The van der Waals surface area contributed by atoms with Gasteiger partial charge in [0.05, 0.1) is 28.3 Å². The average Bonchev–Trinajstić information content (AvgIpc) is 2.93. The lowest BCUT2D eigenvalue weighted by atomic mass is 9.81. The highest BCUT2D eigenvalue weighted by Gasteiger charge is 2.34. The fraction of sp³-hybridized carbons (Fsp3) is 0.481. The highest BCUT2D eigenvalue weighted by Crippen LogP contribution is 2.36. The van der Waals surface area contributed by atoms with Gasteiger partial charge < -0.3 is 15.0 Å². The van der Waals surface area contributed by atoms with E-state index in [2.05, 4.69) is 5.32 Å². The Bertz CT molecular complexity index is 1300. The van der Waals surface area contributed by atoms with Crippen LogP contribution in [0.25, 0.3) is 0 Å². The van der Waals surface area contributed by atoms with E-state index in [0.717, 1.165) is 37.7 Å². The highest BCUT2D eigenvalue weighted by molar-refractivity contribution is 7.89. The summed E-state index contributed by atoms with van der Waals surface area (Å²) in [6, 6.07) is 8.11. The second-order valence-corrected chi connectivity index (χ2v) is 12.5. The molecule has 0 spiro atoms. The number of halogens is 3. The molecule has 2 fully saturated rings. The fourth-order valence-corrected chi connectivity index (χ4v) is 7.45. The van der Waals surface area contributed by atoms with Crippen molar-refractivity contribution in [2.75, 3.05) is 32.8 Å². The molecule has 39 heavy (non-hydrogen) atoms. The maximum atomic E-state index is 13.6. The molecule has 1 heterocycles. The molecular formula is C27H32Cl2FN3O5S. The number of carbonyl (C=O) groups excluding carboxylic acids is 2. The molecule has 212 valence electrons. The van der Waals surface area contributed by atoms with Gasteiger partial charge in [0.15, 0.2) is 0 Å². The minimum Gasteiger partial charge on any atom is -0.450 e. The molecule has 1 unspecified atom stereocenters. The number of piperazine rings is 1. The molecule has 12 heteroatoms. The normalized spacial score (nSPS) is 18.0. The summed E-state index contributed by atoms with van der Waals surface area (Å²) < 4.78 is 46.9. The first-order chi connectivity index (χ1) is 18.6. The molecule has 2 aliphatic rings. The standard InChI is InChI=1S/C27H32Cl2FN3O5S/c1-2-38-27(35)32-12-14-33(15-13-32)39(36,37)24-16-21(22(28)17-23(24)29)26(34)31-25(18-6-4-3-5-7-18)19-8-10-20(30)11-9-19/h8-11,16-18,25H,2-7,12-15H2,1H3,(H,31,34). The first kappa shape index (κ1) is 29.6. The summed E-state index contributed by atoms with van der Waals surface area (Å²) in [5, 5.41) is 2.95. The molecule has 0 radical (unpaired) electrons. The van der Waals surface area contributed by atoms with Gasteiger partial charge in [0.2, 0.25) is 10.0 Å². The van der Waals surface area contributed by atoms with Crippen LogP contribution in [0.5, 0.6) is 0 Å². The van der Waals surface area contributed by atoms with E-state index in [1.54, 1.807) is 19.1 Å². The minimum atomic E-state index is -4.09. The predicted molar refractivity (Wildman–Crippen MR) is 147 cm³/mol. The summed E-state index contributed by atoms with van der Waals surface area (Å²) >= 11 is 12.7. The van der Waals surface area contributed by atoms with Crippen LogP contribution in [0.3, 0.4) is 0 Å². The number of nitrogens with one attached hydrogen (secondary N) is 1. The zero-order valence-corrected chi connectivity index (χ0v) is 24.0. The van der Waals surface area contributed by atoms with Crippen LogP contribution >= 0.6 is 23.2 Å². The second kappa shape index (κ2) is 12.8. The Morgan fingerprint density at radius 3 is 2.28 bits per heavy atom. The number of ether oxygens (including phenoxy) is 1. The van der Waals surface area contributed by atoms with E-state index in [4.69, 9.17) is 27.9 Å². The van der Waals surface area contributed by atoms with Gasteiger partial charge in [0, 0.05) is 26.2 Å². The SMILES string of the molecule is CCOC(=O)N1CCN(S(=O)(=O)c2cc(C(=O)NC(c3ccc(F)cc3)C3CCCCC3)c(Cl)cc2Cl)CC1. The Kier molecular flexibility index (Phi) is 9.74. The lowest BCUT2D eigenvalue weighted by molar-refractivity contribution is 0.0909. The number of benzene rings is 2. The van der Waals surface area contributed by atoms with Gasteiger partial charge in [-0.15, -0.1) is 0 Å². The molecule has 0 bridgehead atoms. The van der Waals surface area contributed by atoms with E-state index in [9.17, 15) is 22.4 Å². The van der Waals surface area contributed by atoms with Crippen molar-refractivity contribution in [1.82, 2.24) is 14.5 Å². The minimum absolute atomic E-state index is 0.0186. The molecule has 0 aromatic heterocycles. The zero-order chi connectivity index (χ0) is 28.2. The van der Waals surface area contributed by atoms with Crippen molar-refractivity contribution >= 4 is 45.2 Å². The molecule has 8 nitrogen and oxygen atoms in total. The third kappa shape index (κ3) is 6.85. The summed E-state index contributed by atoms with van der Waals surface area (Å²) in [4.78, 5) is 26.7. The first-order valence-electron chi connectivity index (χ1n) is 13.1. The maximum absolute atomic E-state index is 13.6. The Morgan fingerprint density at radius 2 is 1.67 bits per heavy atom. The van der Waals surface area contributed by atoms with E-state index in [1.165, 1.54) is 33.5 Å². The summed E-state index contributed by atoms with van der Waals surface area (Å²) in [5.41, 5.74) is 0.752. The van der Waals surface area contributed by atoms with Gasteiger partial charge in [-0.3, -0.25) is 4.79 Å². The van der Waals surface area contributed by atoms with E-state index in [-0.39, 0.29) is 71.1 Å². The average molecular weight is 601 g/mol. The van der Waals surface area contributed by atoms with E-state index < -0.39 is 22.0 Å². The van der Waals surface area contributed by atoms with Crippen molar-refractivity contribution in [3.63, 3.8) is 0 Å². The number of amides is 2. The first-order valence-corrected chi connectivity index (χ1v) is 15.3. The largest absolute Gasteiger partial charge is 0.450 e. The molecular weight excluding hydrogens is 568 g/mol. The van der Waals surface area contributed by atoms with Crippen LogP contribution in [0.1, 0.15) is 61.0 Å². The number of hydrogen-bond donors (Lipinski definition) is 1. The van der Waals surface area contributed by atoms with Gasteiger partial charge in [0.1, 0.15) is 10.7 Å². The van der Waals surface area contributed by atoms with E-state index >= 15 is 0 Å². The monoisotopic (exact) mass is 599 g/mol. The predicted octanol–water partition coefficient (Wildman–Crippen LogP) is 5.65. The van der Waals surface area contributed by atoms with Crippen LogP contribution in [-0.4, -0.2) is 62.4 Å². The molecule has 2 amide bonds. The molecule has 1 aliphatic carbocycles. The molecule has 2 aromatic rings. The van der Waals surface area contributed by atoms with Gasteiger partial charge in [-0.25, -0.2) is 17.6 Å². The summed E-state index contributed by atoms with van der Waals surface area (Å²) in [7, 11) is -4.09. The van der Waals surface area contributed by atoms with Gasteiger partial charge >= 0.3 is 6.09 Å². The lowest BCUT2D eigenvalue weighted by Crippen LogP contribution is -2.50. The molecule has 2 aromatic carbocycles.